The van der Waals surface area contributed by atoms with Crippen LogP contribution in [-0.4, -0.2) is 65.3 Å². The zero-order valence-corrected chi connectivity index (χ0v) is 16.4. The normalized spacial score (nSPS) is 18.0. The quantitative estimate of drug-likeness (QED) is 0.825. The molecule has 154 valence electrons. The number of aliphatic hydroxyl groups excluding tert-OH is 1. The van der Waals surface area contributed by atoms with E-state index in [1.54, 1.807) is 37.7 Å². The average Bonchev–Trinajstić information content (AvgIpc) is 2.73. The summed E-state index contributed by atoms with van der Waals surface area (Å²) in [7, 11) is 1.67. The van der Waals surface area contributed by atoms with Crippen LogP contribution in [0.15, 0.2) is 30.6 Å². The molecule has 4 rings (SSSR count). The number of amides is 1. The highest BCUT2D eigenvalue weighted by Gasteiger charge is 2.36. The third-order valence-electron chi connectivity index (χ3n) is 5.82. The molecule has 1 aromatic carbocycles. The second kappa shape index (κ2) is 8.42. The van der Waals surface area contributed by atoms with E-state index in [9.17, 15) is 14.3 Å². The van der Waals surface area contributed by atoms with Gasteiger partial charge in [-0.2, -0.15) is 0 Å². The van der Waals surface area contributed by atoms with Crippen LogP contribution in [0.4, 0.5) is 10.3 Å². The molecule has 2 fully saturated rings. The van der Waals surface area contributed by atoms with Crippen LogP contribution in [-0.2, 0) is 16.1 Å². The van der Waals surface area contributed by atoms with Gasteiger partial charge in [0.1, 0.15) is 5.82 Å². The van der Waals surface area contributed by atoms with Crippen molar-refractivity contribution in [3.8, 4) is 11.1 Å². The number of aliphatic hydroxyl groups is 1. The summed E-state index contributed by atoms with van der Waals surface area (Å²) in [5.74, 6) is 0.390. The first-order valence-electron chi connectivity index (χ1n) is 9.88. The summed E-state index contributed by atoms with van der Waals surface area (Å²) in [6.07, 6.45) is 4.92. The van der Waals surface area contributed by atoms with Crippen molar-refractivity contribution < 1.29 is 19.0 Å². The molecule has 8 heteroatoms. The van der Waals surface area contributed by atoms with Crippen molar-refractivity contribution in [3.05, 3.63) is 42.0 Å². The summed E-state index contributed by atoms with van der Waals surface area (Å²) in [5.41, 5.74) is 1.19. The van der Waals surface area contributed by atoms with Crippen LogP contribution in [0, 0.1) is 11.7 Å². The number of carbonyl (C=O) groups excluding carboxylic acids is 1. The van der Waals surface area contributed by atoms with Crippen molar-refractivity contribution in [2.24, 2.45) is 5.92 Å². The van der Waals surface area contributed by atoms with Gasteiger partial charge in [-0.1, -0.05) is 18.2 Å². The molecule has 2 aliphatic rings. The lowest BCUT2D eigenvalue weighted by Gasteiger charge is -2.41. The van der Waals surface area contributed by atoms with Gasteiger partial charge in [0.25, 0.3) is 0 Å². The fraction of sp³-hybridized carbons (Fsp3) is 0.476. The standard InChI is InChI=1S/C21H25FN4O3/c1-29-17-11-26(12-17)20(28)14-5-7-25(8-6-14)21-23-9-16(10-24-21)18-4-2-3-15(13-27)19(18)22/h2-4,9-10,14,17,27H,5-8,11-13H2,1H3. The molecule has 1 aromatic heterocycles. The number of methoxy groups -OCH3 is 1. The molecule has 2 aromatic rings. The van der Waals surface area contributed by atoms with Crippen molar-refractivity contribution in [1.82, 2.24) is 14.9 Å². The first kappa shape index (κ1) is 19.7. The lowest BCUT2D eigenvalue weighted by molar-refractivity contribution is -0.148. The van der Waals surface area contributed by atoms with E-state index >= 15 is 0 Å². The van der Waals surface area contributed by atoms with E-state index < -0.39 is 5.82 Å². The Hall–Kier alpha value is -2.58. The van der Waals surface area contributed by atoms with Gasteiger partial charge < -0.3 is 19.6 Å². The molecule has 1 N–H and O–H groups in total. The van der Waals surface area contributed by atoms with Gasteiger partial charge in [0.15, 0.2) is 0 Å². The number of carbonyl (C=O) groups is 1. The molecule has 0 aliphatic carbocycles. The number of piperidine rings is 1. The number of anilines is 1. The maximum atomic E-state index is 14.4. The lowest BCUT2D eigenvalue weighted by Crippen LogP contribution is -2.57. The number of nitrogens with zero attached hydrogens (tertiary/aromatic N) is 4. The van der Waals surface area contributed by atoms with Crippen LogP contribution in [0.3, 0.4) is 0 Å². The second-order valence-corrected chi connectivity index (χ2v) is 7.57. The van der Waals surface area contributed by atoms with Crippen molar-refractivity contribution in [3.63, 3.8) is 0 Å². The van der Waals surface area contributed by atoms with Crippen LogP contribution >= 0.6 is 0 Å². The Bertz CT molecular complexity index is 863. The molecule has 0 saturated carbocycles. The fourth-order valence-electron chi connectivity index (χ4n) is 3.90. The van der Waals surface area contributed by atoms with Gasteiger partial charge in [-0.25, -0.2) is 14.4 Å². The van der Waals surface area contributed by atoms with Gasteiger partial charge >= 0.3 is 0 Å². The van der Waals surface area contributed by atoms with Gasteiger partial charge in [0, 0.05) is 68.3 Å². The van der Waals surface area contributed by atoms with Gasteiger partial charge in [-0.3, -0.25) is 4.79 Å². The zero-order chi connectivity index (χ0) is 20.4. The smallest absolute Gasteiger partial charge is 0.225 e. The highest BCUT2D eigenvalue weighted by atomic mass is 19.1. The average molecular weight is 400 g/mol. The third-order valence-corrected chi connectivity index (χ3v) is 5.82. The maximum Gasteiger partial charge on any atom is 0.225 e. The number of hydrogen-bond donors (Lipinski definition) is 1. The summed E-state index contributed by atoms with van der Waals surface area (Å²) in [6, 6.07) is 4.90. The minimum Gasteiger partial charge on any atom is -0.392 e. The van der Waals surface area contributed by atoms with Crippen molar-refractivity contribution in [2.75, 3.05) is 38.2 Å². The van der Waals surface area contributed by atoms with Gasteiger partial charge in [-0.15, -0.1) is 0 Å². The minimum atomic E-state index is -0.451. The van der Waals surface area contributed by atoms with Crippen LogP contribution in [0.1, 0.15) is 18.4 Å². The number of halogens is 1. The Balaban J connectivity index is 1.37. The van der Waals surface area contributed by atoms with Crippen molar-refractivity contribution >= 4 is 11.9 Å². The maximum absolute atomic E-state index is 14.4. The number of aromatic nitrogens is 2. The van der Waals surface area contributed by atoms with Gasteiger partial charge in [-0.05, 0) is 12.8 Å². The fourth-order valence-corrected chi connectivity index (χ4v) is 3.90. The first-order chi connectivity index (χ1) is 14.1. The summed E-state index contributed by atoms with van der Waals surface area (Å²) in [4.78, 5) is 25.3. The van der Waals surface area contributed by atoms with E-state index in [4.69, 9.17) is 4.74 Å². The number of hydrogen-bond acceptors (Lipinski definition) is 6. The predicted octanol–water partition coefficient (Wildman–Crippen LogP) is 1.85. The molecular formula is C21H25FN4O3. The molecule has 29 heavy (non-hydrogen) atoms. The number of ether oxygens (including phenoxy) is 1. The highest BCUT2D eigenvalue weighted by molar-refractivity contribution is 5.80. The molecule has 0 spiro atoms. The molecule has 3 heterocycles. The predicted molar refractivity (Wildman–Crippen MR) is 106 cm³/mol. The molecule has 2 aliphatic heterocycles. The summed E-state index contributed by atoms with van der Waals surface area (Å²) < 4.78 is 19.6. The molecular weight excluding hydrogens is 375 g/mol. The van der Waals surface area contributed by atoms with Gasteiger partial charge in [0.2, 0.25) is 11.9 Å². The first-order valence-corrected chi connectivity index (χ1v) is 9.88. The number of benzene rings is 1. The lowest BCUT2D eigenvalue weighted by atomic mass is 9.94. The van der Waals surface area contributed by atoms with E-state index in [2.05, 4.69) is 14.9 Å². The molecule has 0 unspecified atom stereocenters. The Morgan fingerprint density at radius 3 is 2.55 bits per heavy atom. The Kier molecular flexibility index (Phi) is 5.73. The summed E-state index contributed by atoms with van der Waals surface area (Å²) in [6.45, 7) is 2.45. The van der Waals surface area contributed by atoms with Crippen LogP contribution in [0.25, 0.3) is 11.1 Å². The van der Waals surface area contributed by atoms with E-state index in [0.29, 0.717) is 43.3 Å². The second-order valence-electron chi connectivity index (χ2n) is 7.57. The van der Waals surface area contributed by atoms with Crippen molar-refractivity contribution in [2.45, 2.75) is 25.6 Å². The summed E-state index contributed by atoms with van der Waals surface area (Å²) >= 11 is 0. The molecule has 1 amide bonds. The number of rotatable bonds is 5. The number of likely N-dealkylation sites (tertiary alicyclic amines) is 1. The highest BCUT2D eigenvalue weighted by Crippen LogP contribution is 2.27. The SMILES string of the molecule is COC1CN(C(=O)C2CCN(c3ncc(-c4cccc(CO)c4F)cn3)CC2)C1. The summed E-state index contributed by atoms with van der Waals surface area (Å²) in [5, 5.41) is 9.23. The Morgan fingerprint density at radius 2 is 1.93 bits per heavy atom. The monoisotopic (exact) mass is 400 g/mol. The van der Waals surface area contributed by atoms with E-state index in [1.165, 1.54) is 0 Å². The van der Waals surface area contributed by atoms with E-state index in [0.717, 1.165) is 12.8 Å². The molecule has 0 bridgehead atoms. The van der Waals surface area contributed by atoms with E-state index in [-0.39, 0.29) is 30.1 Å². The van der Waals surface area contributed by atoms with Crippen molar-refractivity contribution in [1.29, 1.82) is 0 Å². The van der Waals surface area contributed by atoms with Crippen LogP contribution < -0.4 is 4.90 Å². The Labute approximate surface area is 169 Å². The largest absolute Gasteiger partial charge is 0.392 e. The molecule has 0 atom stereocenters. The third kappa shape index (κ3) is 3.95. The molecule has 7 nitrogen and oxygen atoms in total. The Morgan fingerprint density at radius 1 is 1.24 bits per heavy atom. The van der Waals surface area contributed by atoms with Crippen LogP contribution in [0.2, 0.25) is 0 Å². The topological polar surface area (TPSA) is 78.8 Å². The molecule has 0 radical (unpaired) electrons. The molecule has 2 saturated heterocycles. The minimum absolute atomic E-state index is 0.0404. The van der Waals surface area contributed by atoms with E-state index in [1.807, 2.05) is 4.90 Å². The van der Waals surface area contributed by atoms with Gasteiger partial charge in [0.05, 0.1) is 12.7 Å². The zero-order valence-electron chi connectivity index (χ0n) is 16.4. The van der Waals surface area contributed by atoms with Crippen LogP contribution in [0.5, 0.6) is 0 Å².